The number of hydrogen-bond acceptors (Lipinski definition) is 4. The molecule has 0 heterocycles. The second-order valence-corrected chi connectivity index (χ2v) is 4.37. The number of primary amides is 1. The van der Waals surface area contributed by atoms with E-state index >= 15 is 0 Å². The number of hydrogen-bond donors (Lipinski definition) is 4. The molecule has 0 saturated carbocycles. The Morgan fingerprint density at radius 1 is 1.35 bits per heavy atom. The summed E-state index contributed by atoms with van der Waals surface area (Å²) in [7, 11) is 0. The van der Waals surface area contributed by atoms with Crippen molar-refractivity contribution < 1.29 is 24.6 Å². The molecule has 0 bridgehead atoms. The van der Waals surface area contributed by atoms with Gasteiger partial charge in [0.2, 0.25) is 5.91 Å². The van der Waals surface area contributed by atoms with Crippen LogP contribution in [-0.2, 0) is 9.59 Å². The van der Waals surface area contributed by atoms with Gasteiger partial charge in [-0.2, -0.15) is 0 Å². The first-order chi connectivity index (χ1) is 9.31. The van der Waals surface area contributed by atoms with Crippen LogP contribution >= 0.6 is 0 Å². The second kappa shape index (κ2) is 6.55. The van der Waals surface area contributed by atoms with Gasteiger partial charge < -0.3 is 21.3 Å². The monoisotopic (exact) mass is 280 g/mol. The molecule has 20 heavy (non-hydrogen) atoms. The molecule has 108 valence electrons. The Balaban J connectivity index is 2.77. The number of amides is 2. The minimum Gasteiger partial charge on any atom is -0.508 e. The lowest BCUT2D eigenvalue weighted by Crippen LogP contribution is -2.41. The molecule has 0 radical (unpaired) electrons. The molecule has 7 nitrogen and oxygen atoms in total. The fourth-order valence-corrected chi connectivity index (χ4v) is 1.54. The van der Waals surface area contributed by atoms with E-state index in [-0.39, 0.29) is 24.2 Å². The summed E-state index contributed by atoms with van der Waals surface area (Å²) in [6.45, 7) is 1.67. The van der Waals surface area contributed by atoms with Gasteiger partial charge in [0.05, 0.1) is 0 Å². The smallest absolute Gasteiger partial charge is 0.326 e. The van der Waals surface area contributed by atoms with E-state index in [1.165, 1.54) is 12.1 Å². The van der Waals surface area contributed by atoms with Gasteiger partial charge in [0.1, 0.15) is 11.8 Å². The van der Waals surface area contributed by atoms with Crippen LogP contribution in [0.3, 0.4) is 0 Å². The number of benzene rings is 1. The van der Waals surface area contributed by atoms with Gasteiger partial charge in [0, 0.05) is 12.0 Å². The average Bonchev–Trinajstić information content (AvgIpc) is 2.36. The van der Waals surface area contributed by atoms with Crippen LogP contribution in [0.1, 0.15) is 28.8 Å². The number of nitrogens with two attached hydrogens (primary N) is 1. The molecule has 1 rings (SSSR count). The maximum absolute atomic E-state index is 11.9. The maximum atomic E-state index is 11.9. The highest BCUT2D eigenvalue weighted by Gasteiger charge is 2.21. The number of aliphatic carboxylic acids is 1. The summed E-state index contributed by atoms with van der Waals surface area (Å²) in [5.74, 6) is -2.59. The Hall–Kier alpha value is -2.57. The molecule has 0 aliphatic heterocycles. The number of carbonyl (C=O) groups excluding carboxylic acids is 2. The molecule has 0 saturated heterocycles. The van der Waals surface area contributed by atoms with Crippen LogP contribution < -0.4 is 11.1 Å². The molecule has 0 fully saturated rings. The first-order valence-electron chi connectivity index (χ1n) is 5.93. The quantitative estimate of drug-likeness (QED) is 0.589. The van der Waals surface area contributed by atoms with Crippen molar-refractivity contribution in [2.24, 2.45) is 5.73 Å². The molecule has 0 aromatic heterocycles. The van der Waals surface area contributed by atoms with Gasteiger partial charge >= 0.3 is 5.97 Å². The van der Waals surface area contributed by atoms with Gasteiger partial charge in [-0.05, 0) is 31.0 Å². The third-order valence-corrected chi connectivity index (χ3v) is 2.75. The zero-order valence-electron chi connectivity index (χ0n) is 10.9. The highest BCUT2D eigenvalue weighted by molar-refractivity contribution is 5.97. The number of aromatic hydroxyl groups is 1. The van der Waals surface area contributed by atoms with E-state index in [0.717, 1.165) is 0 Å². The molecule has 0 aliphatic rings. The molecular formula is C13H16N2O5. The summed E-state index contributed by atoms with van der Waals surface area (Å²) in [6, 6.07) is 3.05. The largest absolute Gasteiger partial charge is 0.508 e. The Morgan fingerprint density at radius 3 is 2.50 bits per heavy atom. The molecule has 7 heteroatoms. The lowest BCUT2D eigenvalue weighted by atomic mass is 10.1. The third kappa shape index (κ3) is 4.27. The van der Waals surface area contributed by atoms with Crippen LogP contribution in [0.5, 0.6) is 5.75 Å². The number of nitrogens with one attached hydrogen (secondary N) is 1. The highest BCUT2D eigenvalue weighted by atomic mass is 16.4. The number of phenols is 1. The van der Waals surface area contributed by atoms with Crippen molar-refractivity contribution in [3.8, 4) is 5.75 Å². The lowest BCUT2D eigenvalue weighted by Gasteiger charge is -2.14. The van der Waals surface area contributed by atoms with E-state index < -0.39 is 23.8 Å². The van der Waals surface area contributed by atoms with Crippen LogP contribution in [-0.4, -0.2) is 34.0 Å². The Bertz CT molecular complexity index is 542. The molecule has 1 aromatic rings. The van der Waals surface area contributed by atoms with Gasteiger partial charge in [0.25, 0.3) is 5.91 Å². The molecule has 1 aromatic carbocycles. The molecule has 5 N–H and O–H groups in total. The Labute approximate surface area is 115 Å². The average molecular weight is 280 g/mol. The van der Waals surface area contributed by atoms with Gasteiger partial charge in [-0.25, -0.2) is 4.79 Å². The van der Waals surface area contributed by atoms with E-state index in [1.54, 1.807) is 13.0 Å². The van der Waals surface area contributed by atoms with Crippen molar-refractivity contribution in [2.45, 2.75) is 25.8 Å². The van der Waals surface area contributed by atoms with Crippen LogP contribution in [0.15, 0.2) is 18.2 Å². The molecule has 0 aliphatic carbocycles. The lowest BCUT2D eigenvalue weighted by molar-refractivity contribution is -0.139. The summed E-state index contributed by atoms with van der Waals surface area (Å²) >= 11 is 0. The summed E-state index contributed by atoms with van der Waals surface area (Å²) in [4.78, 5) is 33.5. The van der Waals surface area contributed by atoms with E-state index in [4.69, 9.17) is 10.8 Å². The fourth-order valence-electron chi connectivity index (χ4n) is 1.54. The molecule has 0 unspecified atom stereocenters. The van der Waals surface area contributed by atoms with E-state index in [9.17, 15) is 19.5 Å². The predicted molar refractivity (Wildman–Crippen MR) is 70.2 cm³/mol. The highest BCUT2D eigenvalue weighted by Crippen LogP contribution is 2.17. The number of carboxylic acid groups (broad SMARTS) is 1. The number of aryl methyl sites for hydroxylation is 1. The summed E-state index contributed by atoms with van der Waals surface area (Å²) in [5.41, 5.74) is 5.68. The zero-order chi connectivity index (χ0) is 15.3. The van der Waals surface area contributed by atoms with Crippen LogP contribution in [0.25, 0.3) is 0 Å². The van der Waals surface area contributed by atoms with Crippen molar-refractivity contribution in [1.82, 2.24) is 5.32 Å². The minimum atomic E-state index is -1.25. The summed E-state index contributed by atoms with van der Waals surface area (Å²) in [6.07, 6.45) is -0.232. The van der Waals surface area contributed by atoms with Gasteiger partial charge in [-0.3, -0.25) is 9.59 Å². The molecule has 1 atom stereocenters. The number of phenolic OH excluding ortho intramolecular Hbond substituents is 1. The van der Waals surface area contributed by atoms with Crippen molar-refractivity contribution in [2.75, 3.05) is 0 Å². The summed E-state index contributed by atoms with van der Waals surface area (Å²) in [5, 5.41) is 20.8. The fraction of sp³-hybridized carbons (Fsp3) is 0.308. The number of carboxylic acids is 1. The first-order valence-corrected chi connectivity index (χ1v) is 5.93. The standard InChI is InChI=1S/C13H16N2O5/c1-7-2-3-8(6-10(7)16)12(18)15-9(13(19)20)4-5-11(14)17/h2-3,6,9,16H,4-5H2,1H3,(H2,14,17)(H,15,18)(H,19,20)/t9-/m0/s1. The van der Waals surface area contributed by atoms with Crippen molar-refractivity contribution in [3.63, 3.8) is 0 Å². The zero-order valence-corrected chi connectivity index (χ0v) is 10.9. The minimum absolute atomic E-state index is 0.0540. The van der Waals surface area contributed by atoms with E-state index in [2.05, 4.69) is 5.32 Å². The van der Waals surface area contributed by atoms with Crippen LogP contribution in [0.2, 0.25) is 0 Å². The van der Waals surface area contributed by atoms with Gasteiger partial charge in [0.15, 0.2) is 0 Å². The third-order valence-electron chi connectivity index (χ3n) is 2.75. The Morgan fingerprint density at radius 2 is 2.00 bits per heavy atom. The maximum Gasteiger partial charge on any atom is 0.326 e. The van der Waals surface area contributed by atoms with Gasteiger partial charge in [-0.15, -0.1) is 0 Å². The van der Waals surface area contributed by atoms with Crippen molar-refractivity contribution in [3.05, 3.63) is 29.3 Å². The second-order valence-electron chi connectivity index (χ2n) is 4.37. The van der Waals surface area contributed by atoms with Crippen LogP contribution in [0, 0.1) is 6.92 Å². The predicted octanol–water partition coefficient (Wildman–Crippen LogP) is 0.149. The van der Waals surface area contributed by atoms with Crippen LogP contribution in [0.4, 0.5) is 0 Å². The van der Waals surface area contributed by atoms with Crippen molar-refractivity contribution in [1.29, 1.82) is 0 Å². The number of carbonyl (C=O) groups is 3. The van der Waals surface area contributed by atoms with E-state index in [0.29, 0.717) is 5.56 Å². The van der Waals surface area contributed by atoms with E-state index in [1.807, 2.05) is 0 Å². The van der Waals surface area contributed by atoms with Crippen molar-refractivity contribution >= 4 is 17.8 Å². The normalized spacial score (nSPS) is 11.7. The van der Waals surface area contributed by atoms with Gasteiger partial charge in [-0.1, -0.05) is 6.07 Å². The molecule has 0 spiro atoms. The molecule has 2 amide bonds. The first kappa shape index (κ1) is 15.5. The topological polar surface area (TPSA) is 130 Å². The SMILES string of the molecule is Cc1ccc(C(=O)N[C@@H](CCC(N)=O)C(=O)O)cc1O. The number of rotatable bonds is 6. The Kier molecular flexibility index (Phi) is 5.08. The summed E-state index contributed by atoms with van der Waals surface area (Å²) < 4.78 is 0. The molecular weight excluding hydrogens is 264 g/mol.